The summed E-state index contributed by atoms with van der Waals surface area (Å²) in [4.78, 5) is 12.3. The zero-order chi connectivity index (χ0) is 13.7. The maximum atomic E-state index is 12.3. The van der Waals surface area contributed by atoms with E-state index in [9.17, 15) is 4.79 Å². The molecule has 2 atom stereocenters. The van der Waals surface area contributed by atoms with E-state index in [1.54, 1.807) is 0 Å². The molecule has 1 aromatic carbocycles. The van der Waals surface area contributed by atoms with Crippen LogP contribution < -0.4 is 10.6 Å². The minimum absolute atomic E-state index is 0.0784. The third-order valence-corrected chi connectivity index (χ3v) is 4.15. The van der Waals surface area contributed by atoms with E-state index < -0.39 is 0 Å². The van der Waals surface area contributed by atoms with Gasteiger partial charge in [0.05, 0.1) is 5.92 Å². The van der Waals surface area contributed by atoms with Crippen molar-refractivity contribution in [2.45, 2.75) is 38.6 Å². The Balaban J connectivity index is 1.89. The van der Waals surface area contributed by atoms with E-state index in [1.807, 2.05) is 37.3 Å². The predicted octanol–water partition coefficient (Wildman–Crippen LogP) is 2.29. The van der Waals surface area contributed by atoms with Gasteiger partial charge in [0.15, 0.2) is 0 Å². The molecule has 0 saturated carbocycles. The van der Waals surface area contributed by atoms with Crippen molar-refractivity contribution in [2.24, 2.45) is 5.92 Å². The molecule has 0 spiro atoms. The van der Waals surface area contributed by atoms with Crippen molar-refractivity contribution in [1.29, 1.82) is 0 Å². The molecular formula is C16H24N2O. The Labute approximate surface area is 115 Å². The first-order chi connectivity index (χ1) is 9.18. The van der Waals surface area contributed by atoms with Gasteiger partial charge in [0, 0.05) is 6.04 Å². The minimum Gasteiger partial charge on any atom is -0.353 e. The molecule has 1 fully saturated rings. The van der Waals surface area contributed by atoms with Gasteiger partial charge in [-0.1, -0.05) is 30.3 Å². The number of hydrogen-bond donors (Lipinski definition) is 2. The van der Waals surface area contributed by atoms with Crippen LogP contribution in [0.25, 0.3) is 0 Å². The maximum Gasteiger partial charge on any atom is 0.227 e. The molecule has 104 valence electrons. The Kier molecular flexibility index (Phi) is 4.97. The number of hydrogen-bond acceptors (Lipinski definition) is 2. The fraction of sp³-hybridized carbons (Fsp3) is 0.562. The Morgan fingerprint density at radius 2 is 1.84 bits per heavy atom. The summed E-state index contributed by atoms with van der Waals surface area (Å²) in [6.45, 7) is 6.24. The van der Waals surface area contributed by atoms with E-state index in [0.717, 1.165) is 31.5 Å². The van der Waals surface area contributed by atoms with E-state index in [2.05, 4.69) is 17.6 Å². The molecule has 0 bridgehead atoms. The quantitative estimate of drug-likeness (QED) is 0.872. The summed E-state index contributed by atoms with van der Waals surface area (Å²) >= 11 is 0. The molecule has 2 rings (SSSR count). The summed E-state index contributed by atoms with van der Waals surface area (Å²) in [5.41, 5.74) is 1.08. The summed E-state index contributed by atoms with van der Waals surface area (Å²) in [5.74, 6) is 0.663. The average Bonchev–Trinajstić information content (AvgIpc) is 2.48. The summed E-state index contributed by atoms with van der Waals surface area (Å²) in [5, 5.41) is 6.54. The standard InChI is InChI=1S/C16H24N2O/c1-12(14-6-4-3-5-7-14)16(19)18-13(2)15-8-10-17-11-9-15/h3-7,12-13,15,17H,8-11H2,1-2H3,(H,18,19). The number of nitrogens with one attached hydrogen (secondary N) is 2. The summed E-state index contributed by atoms with van der Waals surface area (Å²) in [6, 6.07) is 10.2. The molecule has 19 heavy (non-hydrogen) atoms. The van der Waals surface area contributed by atoms with Gasteiger partial charge in [-0.15, -0.1) is 0 Å². The molecule has 1 aliphatic heterocycles. The highest BCUT2D eigenvalue weighted by Crippen LogP contribution is 2.19. The van der Waals surface area contributed by atoms with Crippen LogP contribution in [-0.4, -0.2) is 25.0 Å². The third kappa shape index (κ3) is 3.80. The van der Waals surface area contributed by atoms with Gasteiger partial charge in [-0.05, 0) is 51.3 Å². The van der Waals surface area contributed by atoms with Crippen LogP contribution in [0.4, 0.5) is 0 Å². The van der Waals surface area contributed by atoms with E-state index in [-0.39, 0.29) is 17.9 Å². The largest absolute Gasteiger partial charge is 0.353 e. The van der Waals surface area contributed by atoms with Gasteiger partial charge in [-0.25, -0.2) is 0 Å². The lowest BCUT2D eigenvalue weighted by Gasteiger charge is -2.29. The van der Waals surface area contributed by atoms with Crippen LogP contribution in [0, 0.1) is 5.92 Å². The highest BCUT2D eigenvalue weighted by molar-refractivity contribution is 5.83. The average molecular weight is 260 g/mol. The van der Waals surface area contributed by atoms with Crippen LogP contribution >= 0.6 is 0 Å². The first-order valence-electron chi connectivity index (χ1n) is 7.24. The van der Waals surface area contributed by atoms with E-state index in [0.29, 0.717) is 5.92 Å². The Morgan fingerprint density at radius 3 is 2.47 bits per heavy atom. The Hall–Kier alpha value is -1.35. The summed E-state index contributed by atoms with van der Waals surface area (Å²) < 4.78 is 0. The van der Waals surface area contributed by atoms with Crippen molar-refractivity contribution in [1.82, 2.24) is 10.6 Å². The van der Waals surface area contributed by atoms with Crippen LogP contribution in [0.5, 0.6) is 0 Å². The molecule has 1 amide bonds. The van der Waals surface area contributed by atoms with Gasteiger partial charge < -0.3 is 10.6 Å². The van der Waals surface area contributed by atoms with Gasteiger partial charge in [0.1, 0.15) is 0 Å². The zero-order valence-electron chi connectivity index (χ0n) is 11.9. The number of piperidine rings is 1. The molecule has 2 N–H and O–H groups in total. The summed E-state index contributed by atoms with van der Waals surface area (Å²) in [7, 11) is 0. The minimum atomic E-state index is -0.0784. The van der Waals surface area contributed by atoms with Gasteiger partial charge >= 0.3 is 0 Å². The van der Waals surface area contributed by atoms with Crippen LogP contribution in [0.3, 0.4) is 0 Å². The lowest BCUT2D eigenvalue weighted by Crippen LogP contribution is -2.43. The first-order valence-corrected chi connectivity index (χ1v) is 7.24. The molecule has 0 aliphatic carbocycles. The van der Waals surface area contributed by atoms with Crippen molar-refractivity contribution in [3.05, 3.63) is 35.9 Å². The number of amides is 1. The number of carbonyl (C=O) groups is 1. The van der Waals surface area contributed by atoms with Gasteiger partial charge in [-0.3, -0.25) is 4.79 Å². The summed E-state index contributed by atoms with van der Waals surface area (Å²) in [6.07, 6.45) is 2.31. The number of carbonyl (C=O) groups excluding carboxylic acids is 1. The van der Waals surface area contributed by atoms with Crippen molar-refractivity contribution in [2.75, 3.05) is 13.1 Å². The van der Waals surface area contributed by atoms with Crippen LogP contribution in [0.2, 0.25) is 0 Å². The normalized spacial score (nSPS) is 19.7. The van der Waals surface area contributed by atoms with Crippen LogP contribution in [0.1, 0.15) is 38.2 Å². The van der Waals surface area contributed by atoms with Gasteiger partial charge in [-0.2, -0.15) is 0 Å². The molecular weight excluding hydrogens is 236 g/mol. The van der Waals surface area contributed by atoms with Crippen molar-refractivity contribution in [3.63, 3.8) is 0 Å². The second kappa shape index (κ2) is 6.71. The molecule has 1 heterocycles. The highest BCUT2D eigenvalue weighted by Gasteiger charge is 2.23. The molecule has 1 saturated heterocycles. The lowest BCUT2D eigenvalue weighted by atomic mass is 9.90. The Morgan fingerprint density at radius 1 is 1.21 bits per heavy atom. The van der Waals surface area contributed by atoms with Crippen molar-refractivity contribution >= 4 is 5.91 Å². The van der Waals surface area contributed by atoms with E-state index in [1.165, 1.54) is 0 Å². The molecule has 0 aromatic heterocycles. The fourth-order valence-electron chi connectivity index (χ4n) is 2.70. The number of rotatable bonds is 4. The topological polar surface area (TPSA) is 41.1 Å². The van der Waals surface area contributed by atoms with Crippen molar-refractivity contribution < 1.29 is 4.79 Å². The van der Waals surface area contributed by atoms with E-state index in [4.69, 9.17) is 0 Å². The molecule has 1 aliphatic rings. The lowest BCUT2D eigenvalue weighted by molar-refractivity contribution is -0.123. The molecule has 1 aromatic rings. The molecule has 3 nitrogen and oxygen atoms in total. The SMILES string of the molecule is CC(C(=O)NC(C)C1CCNCC1)c1ccccc1. The van der Waals surface area contributed by atoms with Crippen LogP contribution in [-0.2, 0) is 4.79 Å². The predicted molar refractivity (Wildman–Crippen MR) is 78.1 cm³/mol. The van der Waals surface area contributed by atoms with Crippen molar-refractivity contribution in [3.8, 4) is 0 Å². The monoisotopic (exact) mass is 260 g/mol. The Bertz CT molecular complexity index is 398. The second-order valence-electron chi connectivity index (χ2n) is 5.52. The van der Waals surface area contributed by atoms with Crippen LogP contribution in [0.15, 0.2) is 30.3 Å². The zero-order valence-corrected chi connectivity index (χ0v) is 11.9. The first kappa shape index (κ1) is 14.1. The molecule has 0 radical (unpaired) electrons. The fourth-order valence-corrected chi connectivity index (χ4v) is 2.70. The number of benzene rings is 1. The highest BCUT2D eigenvalue weighted by atomic mass is 16.1. The van der Waals surface area contributed by atoms with Gasteiger partial charge in [0.25, 0.3) is 0 Å². The maximum absolute atomic E-state index is 12.3. The van der Waals surface area contributed by atoms with E-state index >= 15 is 0 Å². The second-order valence-corrected chi connectivity index (χ2v) is 5.52. The molecule has 3 heteroatoms. The molecule has 2 unspecified atom stereocenters. The van der Waals surface area contributed by atoms with Gasteiger partial charge in [0.2, 0.25) is 5.91 Å². The smallest absolute Gasteiger partial charge is 0.227 e. The third-order valence-electron chi connectivity index (χ3n) is 4.15.